The van der Waals surface area contributed by atoms with Gasteiger partial charge in [-0.1, -0.05) is 49.3 Å². The van der Waals surface area contributed by atoms with Crippen molar-refractivity contribution >= 4 is 11.8 Å². The number of carbonyl (C=O) groups excluding carboxylic acids is 2. The lowest BCUT2D eigenvalue weighted by atomic mass is 9.91. The van der Waals surface area contributed by atoms with Gasteiger partial charge in [0.15, 0.2) is 0 Å². The van der Waals surface area contributed by atoms with E-state index in [9.17, 15) is 14.7 Å². The highest BCUT2D eigenvalue weighted by Gasteiger charge is 2.43. The van der Waals surface area contributed by atoms with E-state index < -0.39 is 18.1 Å². The molecule has 7 heteroatoms. The second-order valence-electron chi connectivity index (χ2n) is 8.13. The van der Waals surface area contributed by atoms with E-state index in [1.54, 1.807) is 13.0 Å². The molecule has 1 fully saturated rings. The molecule has 4 atom stereocenters. The zero-order valence-corrected chi connectivity index (χ0v) is 17.3. The number of hydrogen-bond donors (Lipinski definition) is 2. The Morgan fingerprint density at radius 1 is 1.24 bits per heavy atom. The second kappa shape index (κ2) is 8.78. The van der Waals surface area contributed by atoms with Crippen LogP contribution in [0, 0.1) is 12.8 Å². The largest absolute Gasteiger partial charge is 0.391 e. The Kier molecular flexibility index (Phi) is 6.37. The van der Waals surface area contributed by atoms with Crippen molar-refractivity contribution in [1.29, 1.82) is 0 Å². The normalized spacial score (nSPS) is 21.2. The van der Waals surface area contributed by atoms with Crippen LogP contribution in [0.5, 0.6) is 0 Å². The summed E-state index contributed by atoms with van der Waals surface area (Å²) in [7, 11) is 0. The number of hydrogen-bond acceptors (Lipinski definition) is 5. The molecule has 7 nitrogen and oxygen atoms in total. The number of amides is 2. The highest BCUT2D eigenvalue weighted by Crippen LogP contribution is 2.31. The quantitative estimate of drug-likeness (QED) is 0.778. The maximum atomic E-state index is 13.4. The van der Waals surface area contributed by atoms with Gasteiger partial charge in [0.05, 0.1) is 17.8 Å². The van der Waals surface area contributed by atoms with Gasteiger partial charge in [-0.25, -0.2) is 0 Å². The molecule has 29 heavy (non-hydrogen) atoms. The van der Waals surface area contributed by atoms with Crippen molar-refractivity contribution in [3.63, 3.8) is 0 Å². The summed E-state index contributed by atoms with van der Waals surface area (Å²) in [5.41, 5.74) is 1.68. The summed E-state index contributed by atoms with van der Waals surface area (Å²) < 4.78 is 5.35. The summed E-state index contributed by atoms with van der Waals surface area (Å²) in [5.74, 6) is -0.591. The summed E-state index contributed by atoms with van der Waals surface area (Å²) >= 11 is 0. The fraction of sp³-hybridized carbons (Fsp3) is 0.500. The third-order valence-electron chi connectivity index (χ3n) is 5.41. The Bertz CT molecular complexity index is 849. The fourth-order valence-corrected chi connectivity index (χ4v) is 3.88. The maximum Gasteiger partial charge on any atom is 0.243 e. The summed E-state index contributed by atoms with van der Waals surface area (Å²) in [6, 6.07) is 10.5. The molecule has 2 amide bonds. The molecule has 0 radical (unpaired) electrons. The number of likely N-dealkylation sites (tertiary alicyclic amines) is 1. The molecule has 2 aromatic rings. The molecule has 0 aliphatic carbocycles. The molecule has 2 heterocycles. The van der Waals surface area contributed by atoms with Gasteiger partial charge in [-0.15, -0.1) is 0 Å². The Balaban J connectivity index is 1.78. The van der Waals surface area contributed by atoms with Crippen LogP contribution in [-0.2, 0) is 9.59 Å². The van der Waals surface area contributed by atoms with E-state index >= 15 is 0 Å². The summed E-state index contributed by atoms with van der Waals surface area (Å²) in [4.78, 5) is 27.8. The Hall–Kier alpha value is -2.67. The van der Waals surface area contributed by atoms with Gasteiger partial charge < -0.3 is 19.8 Å². The molecule has 1 saturated heterocycles. The molecule has 1 aromatic carbocycles. The average molecular weight is 399 g/mol. The minimum Gasteiger partial charge on any atom is -0.391 e. The molecule has 0 bridgehead atoms. The van der Waals surface area contributed by atoms with Crippen LogP contribution in [0.1, 0.15) is 56.2 Å². The van der Waals surface area contributed by atoms with Crippen LogP contribution in [0.25, 0.3) is 0 Å². The number of aliphatic hydroxyl groups excluding tert-OH is 1. The summed E-state index contributed by atoms with van der Waals surface area (Å²) in [5, 5.41) is 17.1. The van der Waals surface area contributed by atoms with Gasteiger partial charge in [-0.2, -0.15) is 0 Å². The SMILES string of the molecule is Cc1cc([C@H](C(=O)N2C[C@H](O)C[C@H]2C(=O)N[C@@H](C)c2ccccc2)C(C)C)on1. The number of nitrogens with zero attached hydrogens (tertiary/aromatic N) is 2. The molecule has 0 spiro atoms. The van der Waals surface area contributed by atoms with E-state index in [2.05, 4.69) is 10.5 Å². The van der Waals surface area contributed by atoms with Crippen LogP contribution in [0.4, 0.5) is 0 Å². The van der Waals surface area contributed by atoms with Gasteiger partial charge in [-0.3, -0.25) is 9.59 Å². The maximum absolute atomic E-state index is 13.4. The van der Waals surface area contributed by atoms with Crippen LogP contribution >= 0.6 is 0 Å². The first-order valence-electron chi connectivity index (χ1n) is 10.0. The van der Waals surface area contributed by atoms with E-state index in [4.69, 9.17) is 4.52 Å². The zero-order valence-electron chi connectivity index (χ0n) is 17.3. The fourth-order valence-electron chi connectivity index (χ4n) is 3.88. The number of β-amino-alcohol motifs (C(OH)–C–C–N with tert-alkyl or cyclic N) is 1. The lowest BCUT2D eigenvalue weighted by molar-refractivity contribution is -0.141. The molecule has 1 aliphatic heterocycles. The van der Waals surface area contributed by atoms with Crippen molar-refractivity contribution in [2.24, 2.45) is 5.92 Å². The van der Waals surface area contributed by atoms with Crippen molar-refractivity contribution in [2.45, 2.75) is 58.2 Å². The summed E-state index contributed by atoms with van der Waals surface area (Å²) in [6.07, 6.45) is -0.509. The molecule has 0 saturated carbocycles. The van der Waals surface area contributed by atoms with Crippen LogP contribution in [-0.4, -0.2) is 45.7 Å². The molecule has 2 N–H and O–H groups in total. The third-order valence-corrected chi connectivity index (χ3v) is 5.41. The van der Waals surface area contributed by atoms with Crippen LogP contribution in [0.2, 0.25) is 0 Å². The van der Waals surface area contributed by atoms with Gasteiger partial charge >= 0.3 is 0 Å². The standard InChI is InChI=1S/C22H29N3O4/c1-13(2)20(19-10-14(3)24-29-19)22(28)25-12-17(26)11-18(25)21(27)23-15(4)16-8-6-5-7-9-16/h5-10,13,15,17-18,20,26H,11-12H2,1-4H3,(H,23,27)/t15-,17+,18-,20+/m0/s1. The lowest BCUT2D eigenvalue weighted by Gasteiger charge is -2.29. The minimum absolute atomic E-state index is 0.0421. The van der Waals surface area contributed by atoms with E-state index in [0.29, 0.717) is 11.5 Å². The minimum atomic E-state index is -0.731. The van der Waals surface area contributed by atoms with Crippen molar-refractivity contribution in [3.8, 4) is 0 Å². The van der Waals surface area contributed by atoms with Gasteiger partial charge in [0.1, 0.15) is 17.7 Å². The molecular weight excluding hydrogens is 370 g/mol. The van der Waals surface area contributed by atoms with E-state index in [1.165, 1.54) is 4.90 Å². The van der Waals surface area contributed by atoms with Crippen LogP contribution in [0.15, 0.2) is 40.9 Å². The molecule has 3 rings (SSSR count). The number of carbonyl (C=O) groups is 2. The van der Waals surface area contributed by atoms with Gasteiger partial charge in [0.2, 0.25) is 11.8 Å². The Labute approximate surface area is 171 Å². The van der Waals surface area contributed by atoms with Gasteiger partial charge in [0, 0.05) is 19.0 Å². The predicted octanol–water partition coefficient (Wildman–Crippen LogP) is 2.56. The number of benzene rings is 1. The Morgan fingerprint density at radius 3 is 2.52 bits per heavy atom. The monoisotopic (exact) mass is 399 g/mol. The van der Waals surface area contributed by atoms with Crippen LogP contribution < -0.4 is 5.32 Å². The van der Waals surface area contributed by atoms with Gasteiger partial charge in [0.25, 0.3) is 0 Å². The first-order chi connectivity index (χ1) is 13.8. The number of aryl methyl sites for hydroxylation is 1. The average Bonchev–Trinajstić information content (AvgIpc) is 3.28. The number of aromatic nitrogens is 1. The Morgan fingerprint density at radius 2 is 1.93 bits per heavy atom. The number of aliphatic hydroxyl groups is 1. The van der Waals surface area contributed by atoms with E-state index in [1.807, 2.05) is 51.1 Å². The molecular formula is C22H29N3O4. The third kappa shape index (κ3) is 4.67. The predicted molar refractivity (Wildman–Crippen MR) is 108 cm³/mol. The van der Waals surface area contributed by atoms with Gasteiger partial charge in [-0.05, 0) is 25.3 Å². The van der Waals surface area contributed by atoms with Crippen LogP contribution in [0.3, 0.4) is 0 Å². The first kappa shape index (κ1) is 21.0. The number of nitrogens with one attached hydrogen (secondary N) is 1. The lowest BCUT2D eigenvalue weighted by Crippen LogP contribution is -2.48. The zero-order chi connectivity index (χ0) is 21.1. The van der Waals surface area contributed by atoms with E-state index in [-0.39, 0.29) is 36.7 Å². The topological polar surface area (TPSA) is 95.7 Å². The van der Waals surface area contributed by atoms with Crippen molar-refractivity contribution in [3.05, 3.63) is 53.4 Å². The summed E-state index contributed by atoms with van der Waals surface area (Å²) in [6.45, 7) is 7.70. The highest BCUT2D eigenvalue weighted by atomic mass is 16.5. The second-order valence-corrected chi connectivity index (χ2v) is 8.13. The molecule has 1 aromatic heterocycles. The van der Waals surface area contributed by atoms with Crippen molar-refractivity contribution in [1.82, 2.24) is 15.4 Å². The van der Waals surface area contributed by atoms with E-state index in [0.717, 1.165) is 5.56 Å². The van der Waals surface area contributed by atoms with Crippen molar-refractivity contribution in [2.75, 3.05) is 6.54 Å². The van der Waals surface area contributed by atoms with Crippen molar-refractivity contribution < 1.29 is 19.2 Å². The number of rotatable bonds is 6. The molecule has 156 valence electrons. The molecule has 1 aliphatic rings. The first-order valence-corrected chi connectivity index (χ1v) is 10.0. The highest BCUT2D eigenvalue weighted by molar-refractivity contribution is 5.91. The molecule has 0 unspecified atom stereocenters. The smallest absolute Gasteiger partial charge is 0.243 e.